The highest BCUT2D eigenvalue weighted by Gasteiger charge is 2.54. The van der Waals surface area contributed by atoms with E-state index in [2.05, 4.69) is 6.92 Å². The Labute approximate surface area is 134 Å². The summed E-state index contributed by atoms with van der Waals surface area (Å²) < 4.78 is 29.5. The SMILES string of the molecule is CC1CC2CC(CC(C34CCCC(CC(C)(F)C3)C4)C2)C1F. The molecule has 0 radical (unpaired) electrons. The maximum absolute atomic E-state index is 14.9. The lowest BCUT2D eigenvalue weighted by molar-refractivity contribution is -0.0998. The fourth-order valence-corrected chi connectivity index (χ4v) is 7.34. The number of fused-ring (bicyclic) bond motifs is 4. The lowest BCUT2D eigenvalue weighted by Gasteiger charge is -2.57. The Morgan fingerprint density at radius 2 is 1.82 bits per heavy atom. The van der Waals surface area contributed by atoms with E-state index in [0.717, 1.165) is 32.1 Å². The van der Waals surface area contributed by atoms with Crippen molar-refractivity contribution in [3.05, 3.63) is 0 Å². The molecule has 0 heterocycles. The van der Waals surface area contributed by atoms with E-state index in [9.17, 15) is 8.78 Å². The highest BCUT2D eigenvalue weighted by atomic mass is 19.1. The molecule has 0 nitrogen and oxygen atoms in total. The summed E-state index contributed by atoms with van der Waals surface area (Å²) in [5, 5.41) is 0. The van der Waals surface area contributed by atoms with Gasteiger partial charge in [-0.05, 0) is 93.3 Å². The number of alkyl halides is 2. The molecule has 0 N–H and O–H groups in total. The summed E-state index contributed by atoms with van der Waals surface area (Å²) in [6, 6.07) is 0. The molecule has 4 rings (SSSR count). The van der Waals surface area contributed by atoms with E-state index in [0.29, 0.717) is 17.8 Å². The average molecular weight is 310 g/mol. The van der Waals surface area contributed by atoms with E-state index in [-0.39, 0.29) is 17.3 Å². The van der Waals surface area contributed by atoms with Crippen LogP contribution in [0.25, 0.3) is 0 Å². The van der Waals surface area contributed by atoms with Crippen LogP contribution in [-0.4, -0.2) is 11.8 Å². The Morgan fingerprint density at radius 3 is 2.64 bits per heavy atom. The first kappa shape index (κ1) is 15.4. The highest BCUT2D eigenvalue weighted by molar-refractivity contribution is 5.05. The summed E-state index contributed by atoms with van der Waals surface area (Å²) in [6.45, 7) is 3.93. The highest BCUT2D eigenvalue weighted by Crippen LogP contribution is 2.62. The van der Waals surface area contributed by atoms with E-state index < -0.39 is 11.8 Å². The van der Waals surface area contributed by atoms with Crippen LogP contribution < -0.4 is 0 Å². The van der Waals surface area contributed by atoms with Gasteiger partial charge in [0.15, 0.2) is 0 Å². The summed E-state index contributed by atoms with van der Waals surface area (Å²) in [4.78, 5) is 0. The predicted molar refractivity (Wildman–Crippen MR) is 86.1 cm³/mol. The summed E-state index contributed by atoms with van der Waals surface area (Å²) in [5.74, 6) is 2.43. The Morgan fingerprint density at radius 1 is 1.00 bits per heavy atom. The summed E-state index contributed by atoms with van der Waals surface area (Å²) in [7, 11) is 0. The molecule has 2 heteroatoms. The van der Waals surface area contributed by atoms with Crippen molar-refractivity contribution in [1.29, 1.82) is 0 Å². The third-order valence-corrected chi connectivity index (χ3v) is 7.82. The number of hydrogen-bond acceptors (Lipinski definition) is 0. The third-order valence-electron chi connectivity index (χ3n) is 7.82. The minimum atomic E-state index is -0.974. The Bertz CT molecular complexity index is 429. The van der Waals surface area contributed by atoms with Gasteiger partial charge in [0.1, 0.15) is 11.8 Å². The van der Waals surface area contributed by atoms with Crippen LogP contribution in [0, 0.1) is 35.0 Å². The molecule has 0 aromatic heterocycles. The molecule has 0 amide bonds. The van der Waals surface area contributed by atoms with Gasteiger partial charge in [-0.1, -0.05) is 19.8 Å². The van der Waals surface area contributed by atoms with Gasteiger partial charge in [-0.3, -0.25) is 0 Å². The smallest absolute Gasteiger partial charge is 0.109 e. The van der Waals surface area contributed by atoms with Gasteiger partial charge in [0.2, 0.25) is 0 Å². The van der Waals surface area contributed by atoms with Crippen LogP contribution in [0.5, 0.6) is 0 Å². The Hall–Kier alpha value is -0.140. The molecule has 0 saturated heterocycles. The van der Waals surface area contributed by atoms with Crippen LogP contribution in [0.4, 0.5) is 8.78 Å². The third kappa shape index (κ3) is 2.53. The zero-order chi connectivity index (χ0) is 15.5. The summed E-state index contributed by atoms with van der Waals surface area (Å²) in [6.07, 6.45) is 10.4. The van der Waals surface area contributed by atoms with Gasteiger partial charge >= 0.3 is 0 Å². The second-order valence-corrected chi connectivity index (χ2v) is 9.81. The minimum Gasteiger partial charge on any atom is -0.247 e. The Kier molecular flexibility index (Phi) is 3.62. The van der Waals surface area contributed by atoms with Crippen LogP contribution in [0.15, 0.2) is 0 Å². The Balaban J connectivity index is 1.58. The zero-order valence-corrected chi connectivity index (χ0v) is 14.3. The maximum atomic E-state index is 14.9. The minimum absolute atomic E-state index is 0.210. The van der Waals surface area contributed by atoms with Crippen LogP contribution in [-0.2, 0) is 0 Å². The summed E-state index contributed by atoms with van der Waals surface area (Å²) in [5.41, 5.74) is -0.764. The first-order valence-corrected chi connectivity index (χ1v) is 9.70. The first-order valence-electron chi connectivity index (χ1n) is 9.70. The first-order chi connectivity index (χ1) is 10.4. The largest absolute Gasteiger partial charge is 0.247 e. The molecule has 0 spiro atoms. The topological polar surface area (TPSA) is 0 Å². The van der Waals surface area contributed by atoms with E-state index in [1.165, 1.54) is 32.1 Å². The zero-order valence-electron chi connectivity index (χ0n) is 14.3. The molecule has 22 heavy (non-hydrogen) atoms. The second kappa shape index (κ2) is 5.18. The fraction of sp³-hybridized carbons (Fsp3) is 1.00. The maximum Gasteiger partial charge on any atom is 0.109 e. The molecule has 8 unspecified atom stereocenters. The molecular formula is C20H32F2. The molecule has 0 aromatic rings. The van der Waals surface area contributed by atoms with E-state index in [1.54, 1.807) is 0 Å². The number of hydrogen-bond donors (Lipinski definition) is 0. The molecule has 4 fully saturated rings. The van der Waals surface area contributed by atoms with Gasteiger partial charge in [-0.2, -0.15) is 0 Å². The van der Waals surface area contributed by atoms with Crippen LogP contribution in [0.1, 0.15) is 78.1 Å². The molecule has 8 atom stereocenters. The van der Waals surface area contributed by atoms with Crippen molar-refractivity contribution in [1.82, 2.24) is 0 Å². The second-order valence-electron chi connectivity index (χ2n) is 9.81. The van der Waals surface area contributed by atoms with Crippen LogP contribution in [0.3, 0.4) is 0 Å². The van der Waals surface area contributed by atoms with Crippen molar-refractivity contribution in [3.8, 4) is 0 Å². The van der Waals surface area contributed by atoms with E-state index in [4.69, 9.17) is 0 Å². The van der Waals surface area contributed by atoms with Crippen molar-refractivity contribution in [2.45, 2.75) is 89.9 Å². The van der Waals surface area contributed by atoms with Gasteiger partial charge in [0, 0.05) is 0 Å². The fourth-order valence-electron chi connectivity index (χ4n) is 7.34. The van der Waals surface area contributed by atoms with Crippen molar-refractivity contribution in [2.75, 3.05) is 0 Å². The van der Waals surface area contributed by atoms with E-state index in [1.807, 2.05) is 6.92 Å². The molecule has 4 bridgehead atoms. The van der Waals surface area contributed by atoms with Gasteiger partial charge < -0.3 is 0 Å². The molecule has 126 valence electrons. The van der Waals surface area contributed by atoms with Crippen LogP contribution >= 0.6 is 0 Å². The van der Waals surface area contributed by atoms with Crippen LogP contribution in [0.2, 0.25) is 0 Å². The lowest BCUT2D eigenvalue weighted by atomic mass is 9.49. The van der Waals surface area contributed by atoms with E-state index >= 15 is 0 Å². The van der Waals surface area contributed by atoms with Gasteiger partial charge in [0.25, 0.3) is 0 Å². The normalized spacial score (nSPS) is 58.4. The monoisotopic (exact) mass is 310 g/mol. The molecule has 4 aliphatic rings. The number of rotatable bonds is 1. The quantitative estimate of drug-likeness (QED) is 0.549. The van der Waals surface area contributed by atoms with Gasteiger partial charge in [-0.15, -0.1) is 0 Å². The molecule has 0 aliphatic heterocycles. The average Bonchev–Trinajstić information content (AvgIpc) is 2.43. The lowest BCUT2D eigenvalue weighted by Crippen LogP contribution is -2.50. The molecule has 0 aromatic carbocycles. The van der Waals surface area contributed by atoms with Crippen molar-refractivity contribution in [2.24, 2.45) is 35.0 Å². The molecular weight excluding hydrogens is 278 g/mol. The van der Waals surface area contributed by atoms with Crippen molar-refractivity contribution >= 4 is 0 Å². The predicted octanol–water partition coefficient (Wildman–Crippen LogP) is 6.10. The van der Waals surface area contributed by atoms with Gasteiger partial charge in [-0.25, -0.2) is 8.78 Å². The molecule has 4 aliphatic carbocycles. The summed E-state index contributed by atoms with van der Waals surface area (Å²) >= 11 is 0. The molecule has 4 saturated carbocycles. The standard InChI is InChI=1S/C20H32F2/c1-13-6-15-7-16(18(13)21)9-17(8-15)20-5-3-4-14(11-20)10-19(2,22)12-20/h13-18H,3-12H2,1-2H3. The number of halogens is 2. The van der Waals surface area contributed by atoms with Crippen molar-refractivity contribution < 1.29 is 8.78 Å². The van der Waals surface area contributed by atoms with Gasteiger partial charge in [0.05, 0.1) is 0 Å². The van der Waals surface area contributed by atoms with Crippen molar-refractivity contribution in [3.63, 3.8) is 0 Å².